The van der Waals surface area contributed by atoms with Crippen molar-refractivity contribution in [1.82, 2.24) is 10.2 Å². The normalized spacial score (nSPS) is 14.6. The van der Waals surface area contributed by atoms with Crippen LogP contribution in [0.25, 0.3) is 0 Å². The minimum atomic E-state index is -0.724. The van der Waals surface area contributed by atoms with Crippen molar-refractivity contribution in [3.63, 3.8) is 0 Å². The van der Waals surface area contributed by atoms with Crippen LogP contribution in [0, 0.1) is 5.82 Å². The highest BCUT2D eigenvalue weighted by Gasteiger charge is 2.25. The molecule has 1 heterocycles. The smallest absolute Gasteiger partial charge is 0.319 e. The Morgan fingerprint density at radius 2 is 1.93 bits per heavy atom. The number of hydrogen-bond acceptors (Lipinski definition) is 3. The van der Waals surface area contributed by atoms with Crippen molar-refractivity contribution in [2.75, 3.05) is 18.4 Å². The third-order valence-corrected chi connectivity index (χ3v) is 4.58. The van der Waals surface area contributed by atoms with E-state index in [1.54, 1.807) is 4.90 Å². The summed E-state index contributed by atoms with van der Waals surface area (Å²) in [5, 5.41) is 5.18. The number of halogens is 1. The van der Waals surface area contributed by atoms with E-state index in [1.165, 1.54) is 12.1 Å². The van der Waals surface area contributed by atoms with Crippen LogP contribution in [0.5, 0.6) is 0 Å². The number of likely N-dealkylation sites (tertiary alicyclic amines) is 1. The van der Waals surface area contributed by atoms with Gasteiger partial charge < -0.3 is 21.3 Å². The van der Waals surface area contributed by atoms with Crippen molar-refractivity contribution >= 4 is 23.5 Å². The zero-order chi connectivity index (χ0) is 20.1. The molecule has 0 bridgehead atoms. The number of carbonyl (C=O) groups is 3. The summed E-state index contributed by atoms with van der Waals surface area (Å²) in [6, 6.07) is 11.6. The maximum absolute atomic E-state index is 14.0. The molecule has 1 atom stereocenters. The van der Waals surface area contributed by atoms with Gasteiger partial charge in [0.15, 0.2) is 0 Å². The molecule has 28 heavy (non-hydrogen) atoms. The average Bonchev–Trinajstić information content (AvgIpc) is 3.08. The first-order valence-electron chi connectivity index (χ1n) is 8.93. The summed E-state index contributed by atoms with van der Waals surface area (Å²) in [5.41, 5.74) is 5.95. The zero-order valence-corrected chi connectivity index (χ0v) is 15.2. The van der Waals surface area contributed by atoms with Crippen LogP contribution in [0.15, 0.2) is 48.5 Å². The summed E-state index contributed by atoms with van der Waals surface area (Å²) in [6.07, 6.45) is 1.29. The number of carbonyl (C=O) groups excluding carboxylic acids is 3. The molecule has 1 saturated heterocycles. The molecule has 8 heteroatoms. The molecule has 4 N–H and O–H groups in total. The Balaban J connectivity index is 1.75. The Bertz CT molecular complexity index is 888. The summed E-state index contributed by atoms with van der Waals surface area (Å²) in [7, 11) is 0. The van der Waals surface area contributed by atoms with E-state index >= 15 is 0 Å². The first-order chi connectivity index (χ1) is 13.4. The number of benzene rings is 2. The number of nitrogens with zero attached hydrogens (tertiary/aromatic N) is 1. The Kier molecular flexibility index (Phi) is 5.88. The van der Waals surface area contributed by atoms with Crippen LogP contribution in [0.2, 0.25) is 0 Å². The average molecular weight is 384 g/mol. The number of anilines is 1. The maximum atomic E-state index is 14.0. The van der Waals surface area contributed by atoms with E-state index in [4.69, 9.17) is 5.73 Å². The molecule has 0 radical (unpaired) electrons. The van der Waals surface area contributed by atoms with Crippen molar-refractivity contribution < 1.29 is 18.8 Å². The summed E-state index contributed by atoms with van der Waals surface area (Å²) < 4.78 is 14.0. The number of rotatable bonds is 6. The van der Waals surface area contributed by atoms with Gasteiger partial charge in [-0.15, -0.1) is 0 Å². The first-order valence-corrected chi connectivity index (χ1v) is 8.93. The molecule has 0 spiro atoms. The standard InChI is InChI=1S/C20H21FN4O3/c21-15-9-8-14(19(22)27)11-16(15)23-20(28)24-17(13-5-2-1-3-6-13)12-25-10-4-7-18(25)26/h1-3,5-6,8-9,11,17H,4,7,10,12H2,(H2,22,27)(H2,23,24,28)/t17-/m0/s1. The number of primary amides is 1. The summed E-state index contributed by atoms with van der Waals surface area (Å²) in [4.78, 5) is 37.4. The molecule has 2 aromatic carbocycles. The Morgan fingerprint density at radius 1 is 1.18 bits per heavy atom. The minimum Gasteiger partial charge on any atom is -0.366 e. The molecule has 146 valence electrons. The van der Waals surface area contributed by atoms with Crippen molar-refractivity contribution in [3.8, 4) is 0 Å². The van der Waals surface area contributed by atoms with Crippen molar-refractivity contribution in [1.29, 1.82) is 0 Å². The number of urea groups is 1. The summed E-state index contributed by atoms with van der Waals surface area (Å²) >= 11 is 0. The lowest BCUT2D eigenvalue weighted by Crippen LogP contribution is -2.40. The lowest BCUT2D eigenvalue weighted by atomic mass is 10.1. The topological polar surface area (TPSA) is 105 Å². The third kappa shape index (κ3) is 4.64. The van der Waals surface area contributed by atoms with Gasteiger partial charge in [-0.1, -0.05) is 30.3 Å². The molecule has 0 aliphatic carbocycles. The van der Waals surface area contributed by atoms with Crippen LogP contribution >= 0.6 is 0 Å². The highest BCUT2D eigenvalue weighted by atomic mass is 19.1. The van der Waals surface area contributed by atoms with Gasteiger partial charge in [0.05, 0.1) is 11.7 Å². The number of amides is 4. The molecular formula is C20H21FN4O3. The van der Waals surface area contributed by atoms with Crippen LogP contribution in [-0.2, 0) is 4.79 Å². The van der Waals surface area contributed by atoms with E-state index in [9.17, 15) is 18.8 Å². The monoisotopic (exact) mass is 384 g/mol. The third-order valence-electron chi connectivity index (χ3n) is 4.58. The molecule has 0 aromatic heterocycles. The predicted molar refractivity (Wildman–Crippen MR) is 102 cm³/mol. The largest absolute Gasteiger partial charge is 0.366 e. The molecule has 1 aliphatic heterocycles. The highest BCUT2D eigenvalue weighted by molar-refractivity contribution is 5.96. The zero-order valence-electron chi connectivity index (χ0n) is 15.2. The van der Waals surface area contributed by atoms with E-state index in [0.29, 0.717) is 19.5 Å². The van der Waals surface area contributed by atoms with Gasteiger partial charge >= 0.3 is 6.03 Å². The Morgan fingerprint density at radius 3 is 2.57 bits per heavy atom. The lowest BCUT2D eigenvalue weighted by Gasteiger charge is -2.25. The maximum Gasteiger partial charge on any atom is 0.319 e. The van der Waals surface area contributed by atoms with E-state index in [-0.39, 0.29) is 17.2 Å². The fourth-order valence-corrected chi connectivity index (χ4v) is 3.13. The van der Waals surface area contributed by atoms with Crippen LogP contribution in [-0.4, -0.2) is 35.8 Å². The van der Waals surface area contributed by atoms with Crippen molar-refractivity contribution in [2.24, 2.45) is 5.73 Å². The van der Waals surface area contributed by atoms with Gasteiger partial charge in [0, 0.05) is 25.1 Å². The SMILES string of the molecule is NC(=O)c1ccc(F)c(NC(=O)N[C@@H](CN2CCCC2=O)c2ccccc2)c1. The van der Waals surface area contributed by atoms with E-state index in [0.717, 1.165) is 18.1 Å². The number of hydrogen-bond donors (Lipinski definition) is 3. The summed E-state index contributed by atoms with van der Waals surface area (Å²) in [6.45, 7) is 0.959. The second-order valence-corrected chi connectivity index (χ2v) is 6.56. The molecule has 0 saturated carbocycles. The highest BCUT2D eigenvalue weighted by Crippen LogP contribution is 2.20. The molecule has 1 aliphatic rings. The fourth-order valence-electron chi connectivity index (χ4n) is 3.13. The van der Waals surface area contributed by atoms with Crippen LogP contribution < -0.4 is 16.4 Å². The number of nitrogens with two attached hydrogens (primary N) is 1. The van der Waals surface area contributed by atoms with Gasteiger partial charge in [-0.3, -0.25) is 9.59 Å². The molecular weight excluding hydrogens is 363 g/mol. The van der Waals surface area contributed by atoms with E-state index < -0.39 is 23.8 Å². The van der Waals surface area contributed by atoms with Gasteiger partial charge in [-0.2, -0.15) is 0 Å². The van der Waals surface area contributed by atoms with Crippen LogP contribution in [0.4, 0.5) is 14.9 Å². The molecule has 0 unspecified atom stereocenters. The van der Waals surface area contributed by atoms with E-state index in [1.807, 2.05) is 30.3 Å². The molecule has 7 nitrogen and oxygen atoms in total. The molecule has 2 aromatic rings. The van der Waals surface area contributed by atoms with E-state index in [2.05, 4.69) is 10.6 Å². The Labute approximate surface area is 161 Å². The predicted octanol–water partition coefficient (Wildman–Crippen LogP) is 2.41. The van der Waals surface area contributed by atoms with Gasteiger partial charge in [-0.05, 0) is 30.2 Å². The van der Waals surface area contributed by atoms with Gasteiger partial charge in [0.25, 0.3) is 0 Å². The van der Waals surface area contributed by atoms with Crippen LogP contribution in [0.1, 0.15) is 34.8 Å². The van der Waals surface area contributed by atoms with Crippen molar-refractivity contribution in [2.45, 2.75) is 18.9 Å². The Hall–Kier alpha value is -3.42. The van der Waals surface area contributed by atoms with Crippen LogP contribution in [0.3, 0.4) is 0 Å². The molecule has 3 rings (SSSR count). The van der Waals surface area contributed by atoms with Crippen molar-refractivity contribution in [3.05, 3.63) is 65.5 Å². The summed E-state index contributed by atoms with van der Waals surface area (Å²) in [5.74, 6) is -1.37. The minimum absolute atomic E-state index is 0.0448. The second-order valence-electron chi connectivity index (χ2n) is 6.56. The fraction of sp³-hybridized carbons (Fsp3) is 0.250. The van der Waals surface area contributed by atoms with Gasteiger partial charge in [0.1, 0.15) is 5.82 Å². The number of nitrogens with one attached hydrogen (secondary N) is 2. The second kappa shape index (κ2) is 8.51. The molecule has 4 amide bonds. The van der Waals surface area contributed by atoms with Gasteiger partial charge in [0.2, 0.25) is 11.8 Å². The quantitative estimate of drug-likeness (QED) is 0.712. The van der Waals surface area contributed by atoms with Gasteiger partial charge in [-0.25, -0.2) is 9.18 Å². The molecule has 1 fully saturated rings. The lowest BCUT2D eigenvalue weighted by molar-refractivity contribution is -0.128. The first kappa shape index (κ1) is 19.3.